The zero-order chi connectivity index (χ0) is 23.7. The first-order valence-corrected chi connectivity index (χ1v) is 10.5. The summed E-state index contributed by atoms with van der Waals surface area (Å²) in [5.41, 5.74) is 8.03. The first-order chi connectivity index (χ1) is 15.4. The number of nitrogens with one attached hydrogen (secondary N) is 3. The van der Waals surface area contributed by atoms with Crippen molar-refractivity contribution in [2.24, 2.45) is 16.6 Å². The number of nitrogens with two attached hydrogens (primary N) is 1. The molecule has 8 nitrogen and oxygen atoms in total. The summed E-state index contributed by atoms with van der Waals surface area (Å²) in [7, 11) is 2.99. The zero-order valence-electron chi connectivity index (χ0n) is 19.0. The van der Waals surface area contributed by atoms with Gasteiger partial charge >= 0.3 is 0 Å². The number of carbonyl (C=O) groups excluding carboxylic acids is 2. The Morgan fingerprint density at radius 2 is 2.06 bits per heavy atom. The number of aliphatic imine (C=N–C) groups is 1. The number of ether oxygens (including phenoxy) is 1. The van der Waals surface area contributed by atoms with Crippen molar-refractivity contribution in [1.82, 2.24) is 5.32 Å². The molecule has 0 spiro atoms. The fraction of sp³-hybridized carbons (Fsp3) is 0.333. The SMILES string of the molecule is C/C=C(\C=C/CC)c1cccc(N/C(=C/C(N)=NC(=O)C2CC2)C(=N)C(=O)NC)c1OC. The quantitative estimate of drug-likeness (QED) is 0.253. The van der Waals surface area contributed by atoms with Gasteiger partial charge in [0.25, 0.3) is 11.8 Å². The first-order valence-electron chi connectivity index (χ1n) is 10.5. The van der Waals surface area contributed by atoms with Crippen LogP contribution < -0.4 is 21.1 Å². The van der Waals surface area contributed by atoms with Crippen molar-refractivity contribution in [1.29, 1.82) is 5.41 Å². The van der Waals surface area contributed by atoms with Gasteiger partial charge in [0.1, 0.15) is 17.3 Å². The summed E-state index contributed by atoms with van der Waals surface area (Å²) >= 11 is 0. The molecule has 5 N–H and O–H groups in total. The highest BCUT2D eigenvalue weighted by molar-refractivity contribution is 6.45. The molecule has 1 saturated carbocycles. The third kappa shape index (κ3) is 6.41. The third-order valence-corrected chi connectivity index (χ3v) is 4.83. The molecular weight excluding hydrogens is 406 g/mol. The van der Waals surface area contributed by atoms with E-state index in [2.05, 4.69) is 28.6 Å². The number of hydrogen-bond acceptors (Lipinski definition) is 5. The van der Waals surface area contributed by atoms with Crippen LogP contribution in [-0.2, 0) is 9.59 Å². The van der Waals surface area contributed by atoms with Crippen molar-refractivity contribution in [2.75, 3.05) is 19.5 Å². The van der Waals surface area contributed by atoms with E-state index in [1.54, 1.807) is 13.2 Å². The summed E-state index contributed by atoms with van der Waals surface area (Å²) in [5, 5.41) is 13.8. The molecule has 1 aromatic carbocycles. The Hall–Kier alpha value is -3.68. The average molecular weight is 438 g/mol. The third-order valence-electron chi connectivity index (χ3n) is 4.83. The number of methoxy groups -OCH3 is 1. The second-order valence-electron chi connectivity index (χ2n) is 7.23. The Kier molecular flexibility index (Phi) is 8.95. The van der Waals surface area contributed by atoms with E-state index in [4.69, 9.17) is 15.9 Å². The predicted octanol–water partition coefficient (Wildman–Crippen LogP) is 3.42. The van der Waals surface area contributed by atoms with Gasteiger partial charge in [0.15, 0.2) is 0 Å². The summed E-state index contributed by atoms with van der Waals surface area (Å²) in [5.74, 6) is -0.511. The van der Waals surface area contributed by atoms with Gasteiger partial charge < -0.3 is 21.1 Å². The maximum absolute atomic E-state index is 12.1. The maximum atomic E-state index is 12.1. The van der Waals surface area contributed by atoms with Crippen LogP contribution in [0.4, 0.5) is 5.69 Å². The first kappa shape index (κ1) is 24.6. The molecule has 170 valence electrons. The van der Waals surface area contributed by atoms with Gasteiger partial charge in [0.2, 0.25) is 0 Å². The molecule has 0 aliphatic heterocycles. The number of rotatable bonds is 10. The number of carbonyl (C=O) groups is 2. The van der Waals surface area contributed by atoms with Crippen LogP contribution in [0, 0.1) is 11.3 Å². The van der Waals surface area contributed by atoms with Gasteiger partial charge in [0.05, 0.1) is 18.5 Å². The maximum Gasteiger partial charge on any atom is 0.271 e. The Morgan fingerprint density at radius 1 is 1.34 bits per heavy atom. The molecule has 1 aliphatic rings. The van der Waals surface area contributed by atoms with Crippen LogP contribution in [0.2, 0.25) is 0 Å². The number of anilines is 1. The molecule has 0 aromatic heterocycles. The minimum Gasteiger partial charge on any atom is -0.494 e. The summed E-state index contributed by atoms with van der Waals surface area (Å²) in [6.07, 6.45) is 9.87. The number of nitrogens with zero attached hydrogens (tertiary/aromatic N) is 1. The largest absolute Gasteiger partial charge is 0.494 e. The van der Waals surface area contributed by atoms with Crippen molar-refractivity contribution < 1.29 is 14.3 Å². The molecule has 2 rings (SSSR count). The number of amidine groups is 1. The molecule has 0 unspecified atom stereocenters. The second kappa shape index (κ2) is 11.6. The van der Waals surface area contributed by atoms with Crippen LogP contribution in [0.3, 0.4) is 0 Å². The van der Waals surface area contributed by atoms with Crippen LogP contribution >= 0.6 is 0 Å². The van der Waals surface area contributed by atoms with Crippen molar-refractivity contribution >= 4 is 34.6 Å². The van der Waals surface area contributed by atoms with Crippen molar-refractivity contribution in [3.05, 3.63) is 53.8 Å². The number of amides is 2. The van der Waals surface area contributed by atoms with Crippen LogP contribution in [0.15, 0.2) is 53.2 Å². The van der Waals surface area contributed by atoms with E-state index in [1.165, 1.54) is 13.1 Å². The van der Waals surface area contributed by atoms with Gasteiger partial charge in [-0.3, -0.25) is 15.0 Å². The van der Waals surface area contributed by atoms with Crippen molar-refractivity contribution in [3.8, 4) is 5.75 Å². The Morgan fingerprint density at radius 3 is 2.62 bits per heavy atom. The smallest absolute Gasteiger partial charge is 0.271 e. The second-order valence-corrected chi connectivity index (χ2v) is 7.23. The zero-order valence-corrected chi connectivity index (χ0v) is 19.0. The number of allylic oxidation sites excluding steroid dienone is 4. The lowest BCUT2D eigenvalue weighted by Gasteiger charge is -2.18. The van der Waals surface area contributed by atoms with Crippen LogP contribution in [0.5, 0.6) is 5.75 Å². The lowest BCUT2D eigenvalue weighted by atomic mass is 10.0. The molecule has 0 bridgehead atoms. The van der Waals surface area contributed by atoms with E-state index in [0.717, 1.165) is 30.4 Å². The highest BCUT2D eigenvalue weighted by Gasteiger charge is 2.29. The van der Waals surface area contributed by atoms with E-state index in [0.29, 0.717) is 11.4 Å². The fourth-order valence-corrected chi connectivity index (χ4v) is 2.96. The molecule has 0 heterocycles. The minimum absolute atomic E-state index is 0.0757. The lowest BCUT2D eigenvalue weighted by Crippen LogP contribution is -2.31. The monoisotopic (exact) mass is 437 g/mol. The van der Waals surface area contributed by atoms with E-state index in [9.17, 15) is 9.59 Å². The summed E-state index contributed by atoms with van der Waals surface area (Å²) in [4.78, 5) is 28.0. The van der Waals surface area contributed by atoms with E-state index in [1.807, 2.05) is 31.2 Å². The van der Waals surface area contributed by atoms with Gasteiger partial charge in [-0.25, -0.2) is 0 Å². The van der Waals surface area contributed by atoms with Crippen molar-refractivity contribution in [2.45, 2.75) is 33.1 Å². The van der Waals surface area contributed by atoms with Gasteiger partial charge in [-0.15, -0.1) is 0 Å². The molecule has 2 amide bonds. The normalized spacial score (nSPS) is 14.9. The summed E-state index contributed by atoms with van der Waals surface area (Å²) in [6, 6.07) is 5.54. The highest BCUT2D eigenvalue weighted by atomic mass is 16.5. The van der Waals surface area contributed by atoms with E-state index < -0.39 is 5.91 Å². The molecule has 8 heteroatoms. The fourth-order valence-electron chi connectivity index (χ4n) is 2.96. The molecule has 1 aromatic rings. The minimum atomic E-state index is -0.611. The average Bonchev–Trinajstić information content (AvgIpc) is 3.63. The molecule has 1 fully saturated rings. The van der Waals surface area contributed by atoms with Crippen LogP contribution in [0.1, 0.15) is 38.7 Å². The Balaban J connectivity index is 2.48. The Labute approximate surface area is 188 Å². The molecule has 0 radical (unpaired) electrons. The highest BCUT2D eigenvalue weighted by Crippen LogP contribution is 2.35. The molecule has 32 heavy (non-hydrogen) atoms. The predicted molar refractivity (Wildman–Crippen MR) is 129 cm³/mol. The van der Waals surface area contributed by atoms with Crippen LogP contribution in [-0.4, -0.2) is 37.5 Å². The Bertz CT molecular complexity index is 1000. The standard InChI is InChI=1S/C24H31N5O3/c1-5-7-9-15(6-2)17-10-8-11-18(22(17)32-4)28-19(21(26)24(31)27-3)14-20(25)29-23(30)16-12-13-16/h6-11,14,16,26,28H,5,12-13H2,1-4H3,(H,27,31)(H2,25,29,30)/b9-7-,15-6+,19-14+,26-21?. The van der Waals surface area contributed by atoms with Gasteiger partial charge in [-0.05, 0) is 37.8 Å². The van der Waals surface area contributed by atoms with E-state index >= 15 is 0 Å². The van der Waals surface area contributed by atoms with E-state index in [-0.39, 0.29) is 29.1 Å². The molecule has 0 atom stereocenters. The topological polar surface area (TPSA) is 130 Å². The molecule has 1 aliphatic carbocycles. The number of benzene rings is 1. The van der Waals surface area contributed by atoms with Crippen molar-refractivity contribution in [3.63, 3.8) is 0 Å². The van der Waals surface area contributed by atoms with Gasteiger partial charge in [-0.2, -0.15) is 4.99 Å². The summed E-state index contributed by atoms with van der Waals surface area (Å²) in [6.45, 7) is 4.00. The molecule has 0 saturated heterocycles. The number of hydrogen-bond donors (Lipinski definition) is 4. The lowest BCUT2D eigenvalue weighted by molar-refractivity contribution is -0.119. The molecular formula is C24H31N5O3. The number of para-hydroxylation sites is 1. The summed E-state index contributed by atoms with van der Waals surface area (Å²) < 4.78 is 5.66. The van der Waals surface area contributed by atoms with Crippen LogP contribution in [0.25, 0.3) is 5.57 Å². The van der Waals surface area contributed by atoms with Gasteiger partial charge in [0, 0.05) is 24.6 Å². The van der Waals surface area contributed by atoms with Gasteiger partial charge in [-0.1, -0.05) is 37.3 Å².